The third kappa shape index (κ3) is 5.81. The molecule has 0 bridgehead atoms. The Morgan fingerprint density at radius 1 is 1.31 bits per heavy atom. The Morgan fingerprint density at radius 3 is 2.23 bits per heavy atom. The maximum atomic E-state index is 10.7. The van der Waals surface area contributed by atoms with Crippen LogP contribution < -0.4 is 0 Å². The molecule has 2 heteroatoms. The van der Waals surface area contributed by atoms with Crippen LogP contribution in [-0.4, -0.2) is 30.3 Å². The highest BCUT2D eigenvalue weighted by Crippen LogP contribution is 2.08. The van der Waals surface area contributed by atoms with Crippen LogP contribution in [0.15, 0.2) is 0 Å². The molecule has 0 fully saturated rings. The lowest BCUT2D eigenvalue weighted by molar-refractivity contribution is -0.117. The summed E-state index contributed by atoms with van der Waals surface area (Å²) in [6, 6.07) is 0.604. The van der Waals surface area contributed by atoms with Gasteiger partial charge in [0.15, 0.2) is 0 Å². The van der Waals surface area contributed by atoms with Gasteiger partial charge in [0.05, 0.1) is 0 Å². The molecule has 0 saturated heterocycles. The molecule has 0 rings (SSSR count). The topological polar surface area (TPSA) is 20.3 Å². The number of carbonyl (C=O) groups excluding carboxylic acids is 1. The van der Waals surface area contributed by atoms with Crippen LogP contribution in [-0.2, 0) is 4.79 Å². The van der Waals surface area contributed by atoms with Crippen LogP contribution in [0.5, 0.6) is 0 Å². The number of ketones is 1. The summed E-state index contributed by atoms with van der Waals surface area (Å²) in [4.78, 5) is 13.0. The highest BCUT2D eigenvalue weighted by Gasteiger charge is 2.12. The number of carbonyl (C=O) groups is 1. The zero-order valence-corrected chi connectivity index (χ0v) is 9.63. The van der Waals surface area contributed by atoms with Gasteiger partial charge in [-0.2, -0.15) is 0 Å². The van der Waals surface area contributed by atoms with Crippen molar-refractivity contribution in [2.75, 3.05) is 13.6 Å². The van der Waals surface area contributed by atoms with Crippen molar-refractivity contribution in [1.29, 1.82) is 0 Å². The van der Waals surface area contributed by atoms with Crippen molar-refractivity contribution >= 4 is 5.78 Å². The van der Waals surface area contributed by atoms with Gasteiger partial charge in [0, 0.05) is 12.5 Å². The average molecular weight is 185 g/mol. The van der Waals surface area contributed by atoms with Gasteiger partial charge >= 0.3 is 0 Å². The molecule has 13 heavy (non-hydrogen) atoms. The standard InChI is InChI=1S/C11H23NO/c1-9(2)11(4)12(5)8-6-7-10(3)13/h9,11H,6-8H2,1-5H3. The Labute approximate surface area is 82.3 Å². The van der Waals surface area contributed by atoms with Crippen LogP contribution >= 0.6 is 0 Å². The smallest absolute Gasteiger partial charge is 0.129 e. The predicted molar refractivity (Wildman–Crippen MR) is 56.8 cm³/mol. The normalized spacial score (nSPS) is 13.8. The summed E-state index contributed by atoms with van der Waals surface area (Å²) in [5.74, 6) is 0.980. The minimum Gasteiger partial charge on any atom is -0.303 e. The second kappa shape index (κ2) is 6.14. The molecule has 0 aliphatic heterocycles. The van der Waals surface area contributed by atoms with E-state index >= 15 is 0 Å². The third-order valence-electron chi connectivity index (χ3n) is 2.70. The van der Waals surface area contributed by atoms with Gasteiger partial charge in [0.1, 0.15) is 5.78 Å². The molecule has 0 amide bonds. The van der Waals surface area contributed by atoms with Gasteiger partial charge in [-0.1, -0.05) is 13.8 Å². The van der Waals surface area contributed by atoms with E-state index in [9.17, 15) is 4.79 Å². The molecule has 78 valence electrons. The van der Waals surface area contributed by atoms with Gasteiger partial charge in [-0.25, -0.2) is 0 Å². The van der Waals surface area contributed by atoms with Crippen LogP contribution in [0, 0.1) is 5.92 Å². The first-order valence-electron chi connectivity index (χ1n) is 5.14. The molecule has 0 aromatic heterocycles. The van der Waals surface area contributed by atoms with Crippen molar-refractivity contribution in [3.05, 3.63) is 0 Å². The van der Waals surface area contributed by atoms with E-state index in [-0.39, 0.29) is 0 Å². The molecule has 2 nitrogen and oxygen atoms in total. The van der Waals surface area contributed by atoms with E-state index in [1.165, 1.54) is 0 Å². The molecule has 0 aromatic rings. The third-order valence-corrected chi connectivity index (χ3v) is 2.70. The van der Waals surface area contributed by atoms with Crippen LogP contribution in [0.1, 0.15) is 40.5 Å². The first-order valence-corrected chi connectivity index (χ1v) is 5.14. The molecule has 0 spiro atoms. The molecule has 0 aromatic carbocycles. The fourth-order valence-electron chi connectivity index (χ4n) is 1.29. The minimum atomic E-state index is 0.297. The van der Waals surface area contributed by atoms with E-state index in [2.05, 4.69) is 32.7 Å². The van der Waals surface area contributed by atoms with Gasteiger partial charge in [0.25, 0.3) is 0 Å². The van der Waals surface area contributed by atoms with E-state index in [0.29, 0.717) is 17.7 Å². The van der Waals surface area contributed by atoms with Crippen molar-refractivity contribution in [1.82, 2.24) is 4.90 Å². The highest BCUT2D eigenvalue weighted by atomic mass is 16.1. The number of hydrogen-bond acceptors (Lipinski definition) is 2. The molecular weight excluding hydrogens is 162 g/mol. The molecule has 0 aliphatic carbocycles. The maximum absolute atomic E-state index is 10.7. The van der Waals surface area contributed by atoms with Crippen molar-refractivity contribution in [2.45, 2.75) is 46.6 Å². The Bertz CT molecular complexity index is 154. The lowest BCUT2D eigenvalue weighted by Crippen LogP contribution is -2.34. The zero-order valence-electron chi connectivity index (χ0n) is 9.63. The van der Waals surface area contributed by atoms with Crippen molar-refractivity contribution in [3.63, 3.8) is 0 Å². The van der Waals surface area contributed by atoms with E-state index < -0.39 is 0 Å². The van der Waals surface area contributed by atoms with E-state index in [1.54, 1.807) is 6.92 Å². The van der Waals surface area contributed by atoms with Crippen LogP contribution in [0.4, 0.5) is 0 Å². The second-order valence-electron chi connectivity index (χ2n) is 4.27. The highest BCUT2D eigenvalue weighted by molar-refractivity contribution is 5.75. The van der Waals surface area contributed by atoms with Gasteiger partial charge in [-0.15, -0.1) is 0 Å². The summed E-state index contributed by atoms with van der Waals surface area (Å²) in [5, 5.41) is 0. The average Bonchev–Trinajstić information content (AvgIpc) is 2.02. The largest absolute Gasteiger partial charge is 0.303 e. The van der Waals surface area contributed by atoms with E-state index in [1.807, 2.05) is 0 Å². The van der Waals surface area contributed by atoms with Gasteiger partial charge < -0.3 is 9.69 Å². The van der Waals surface area contributed by atoms with E-state index in [4.69, 9.17) is 0 Å². The minimum absolute atomic E-state index is 0.297. The summed E-state index contributed by atoms with van der Waals surface area (Å²) in [6.45, 7) is 9.38. The van der Waals surface area contributed by atoms with Gasteiger partial charge in [0.2, 0.25) is 0 Å². The van der Waals surface area contributed by atoms with Crippen LogP contribution in [0.3, 0.4) is 0 Å². The summed E-state index contributed by atoms with van der Waals surface area (Å²) >= 11 is 0. The zero-order chi connectivity index (χ0) is 10.4. The summed E-state index contributed by atoms with van der Waals surface area (Å²) < 4.78 is 0. The molecular formula is C11H23NO. The Hall–Kier alpha value is -0.370. The van der Waals surface area contributed by atoms with Crippen LogP contribution in [0.25, 0.3) is 0 Å². The van der Waals surface area contributed by atoms with E-state index in [0.717, 1.165) is 19.4 Å². The predicted octanol–water partition coefficient (Wildman–Crippen LogP) is 2.33. The van der Waals surface area contributed by atoms with Crippen molar-refractivity contribution in [2.24, 2.45) is 5.92 Å². The number of rotatable bonds is 6. The molecule has 0 radical (unpaired) electrons. The molecule has 0 saturated carbocycles. The summed E-state index contributed by atoms with van der Waals surface area (Å²) in [5.41, 5.74) is 0. The first kappa shape index (κ1) is 12.6. The van der Waals surface area contributed by atoms with Crippen molar-refractivity contribution in [3.8, 4) is 0 Å². The lowest BCUT2D eigenvalue weighted by atomic mass is 10.0. The number of Topliss-reactive ketones (excluding diaryl/α,β-unsaturated/α-hetero) is 1. The number of hydrogen-bond donors (Lipinski definition) is 0. The first-order chi connectivity index (χ1) is 5.95. The molecule has 1 atom stereocenters. The lowest BCUT2D eigenvalue weighted by Gasteiger charge is -2.27. The Morgan fingerprint density at radius 2 is 1.85 bits per heavy atom. The Kier molecular flexibility index (Phi) is 5.97. The molecule has 0 aliphatic rings. The Balaban J connectivity index is 3.61. The summed E-state index contributed by atoms with van der Waals surface area (Å²) in [7, 11) is 2.13. The molecule has 0 heterocycles. The van der Waals surface area contributed by atoms with Crippen LogP contribution in [0.2, 0.25) is 0 Å². The monoisotopic (exact) mass is 185 g/mol. The molecule has 1 unspecified atom stereocenters. The molecule has 0 N–H and O–H groups in total. The quantitative estimate of drug-likeness (QED) is 0.633. The van der Waals surface area contributed by atoms with Gasteiger partial charge in [-0.05, 0) is 39.8 Å². The fourth-order valence-corrected chi connectivity index (χ4v) is 1.29. The number of nitrogens with zero attached hydrogens (tertiary/aromatic N) is 1. The van der Waals surface area contributed by atoms with Gasteiger partial charge in [-0.3, -0.25) is 0 Å². The second-order valence-corrected chi connectivity index (χ2v) is 4.27. The maximum Gasteiger partial charge on any atom is 0.129 e. The fraction of sp³-hybridized carbons (Fsp3) is 0.909. The SMILES string of the molecule is CC(=O)CCCN(C)C(C)C(C)C. The van der Waals surface area contributed by atoms with Crippen molar-refractivity contribution < 1.29 is 4.79 Å². The summed E-state index contributed by atoms with van der Waals surface area (Å²) in [6.07, 6.45) is 1.71.